The summed E-state index contributed by atoms with van der Waals surface area (Å²) >= 11 is 2.13. The van der Waals surface area contributed by atoms with Crippen molar-refractivity contribution in [3.8, 4) is 0 Å². The third-order valence-electron chi connectivity index (χ3n) is 3.58. The predicted octanol–water partition coefficient (Wildman–Crippen LogP) is 3.05. The van der Waals surface area contributed by atoms with Crippen LogP contribution in [0.15, 0.2) is 0 Å². The predicted molar refractivity (Wildman–Crippen MR) is 64.9 cm³/mol. The second-order valence-electron chi connectivity index (χ2n) is 4.83. The second kappa shape index (κ2) is 6.02. The quantitative estimate of drug-likeness (QED) is 0.773. The Balaban J connectivity index is 1.60. The molecule has 1 aliphatic heterocycles. The van der Waals surface area contributed by atoms with E-state index in [9.17, 15) is 0 Å². The molecule has 1 heterocycles. The van der Waals surface area contributed by atoms with Gasteiger partial charge in [0.2, 0.25) is 0 Å². The van der Waals surface area contributed by atoms with Crippen molar-refractivity contribution in [3.05, 3.63) is 0 Å². The first-order valence-corrected chi connectivity index (χ1v) is 7.42. The first-order chi connectivity index (χ1) is 6.95. The molecule has 0 spiro atoms. The highest BCUT2D eigenvalue weighted by Gasteiger charge is 2.17. The molecule has 1 aliphatic carbocycles. The third-order valence-corrected chi connectivity index (χ3v) is 4.80. The molecule has 1 saturated heterocycles. The Hall–Kier alpha value is 0.310. The molecule has 14 heavy (non-hydrogen) atoms. The summed E-state index contributed by atoms with van der Waals surface area (Å²) in [5.41, 5.74) is 0. The molecule has 2 heteroatoms. The third kappa shape index (κ3) is 3.47. The van der Waals surface area contributed by atoms with E-state index < -0.39 is 0 Å². The van der Waals surface area contributed by atoms with Crippen molar-refractivity contribution in [3.63, 3.8) is 0 Å². The lowest BCUT2D eigenvalue weighted by atomic mass is 9.89. The van der Waals surface area contributed by atoms with Crippen LogP contribution in [0.5, 0.6) is 0 Å². The van der Waals surface area contributed by atoms with Crippen LogP contribution >= 0.6 is 11.8 Å². The summed E-state index contributed by atoms with van der Waals surface area (Å²) < 4.78 is 0. The van der Waals surface area contributed by atoms with Crippen molar-refractivity contribution in [1.29, 1.82) is 0 Å². The van der Waals surface area contributed by atoms with Gasteiger partial charge in [0.1, 0.15) is 0 Å². The van der Waals surface area contributed by atoms with E-state index in [2.05, 4.69) is 17.1 Å². The van der Waals surface area contributed by atoms with Gasteiger partial charge in [-0.2, -0.15) is 11.8 Å². The minimum absolute atomic E-state index is 0.829. The van der Waals surface area contributed by atoms with Crippen molar-refractivity contribution >= 4 is 11.8 Å². The van der Waals surface area contributed by atoms with Gasteiger partial charge in [-0.15, -0.1) is 0 Å². The number of thioether (sulfide) groups is 1. The maximum atomic E-state index is 3.77. The minimum atomic E-state index is 0.829. The summed E-state index contributed by atoms with van der Waals surface area (Å²) in [5, 5.41) is 3.77. The number of hydrogen-bond donors (Lipinski definition) is 1. The standard InChI is InChI=1S/C12H23NS/c1-2-5-11(6-3-1)9-13-12-7-4-8-14-10-12/h11-13H,1-10H2. The van der Waals surface area contributed by atoms with E-state index in [1.807, 2.05) is 0 Å². The molecule has 0 aromatic carbocycles. The zero-order valence-electron chi connectivity index (χ0n) is 9.13. The van der Waals surface area contributed by atoms with E-state index in [1.54, 1.807) is 0 Å². The zero-order chi connectivity index (χ0) is 9.64. The minimum Gasteiger partial charge on any atom is -0.313 e. The summed E-state index contributed by atoms with van der Waals surface area (Å²) in [6.45, 7) is 1.30. The average Bonchev–Trinajstić information content (AvgIpc) is 2.29. The molecule has 0 aromatic rings. The van der Waals surface area contributed by atoms with Gasteiger partial charge in [0.05, 0.1) is 0 Å². The SMILES string of the molecule is C1CCC(CNC2CCCSC2)CC1. The number of rotatable bonds is 3. The van der Waals surface area contributed by atoms with Crippen LogP contribution in [0, 0.1) is 5.92 Å². The Bertz CT molecular complexity index is 130. The summed E-state index contributed by atoms with van der Waals surface area (Å²) in [4.78, 5) is 0. The Morgan fingerprint density at radius 2 is 1.86 bits per heavy atom. The summed E-state index contributed by atoms with van der Waals surface area (Å²) in [6.07, 6.45) is 10.2. The first kappa shape index (κ1) is 10.8. The van der Waals surface area contributed by atoms with Crippen LogP contribution in [0.25, 0.3) is 0 Å². The molecular weight excluding hydrogens is 190 g/mol. The average molecular weight is 213 g/mol. The van der Waals surface area contributed by atoms with E-state index >= 15 is 0 Å². The molecule has 2 aliphatic rings. The topological polar surface area (TPSA) is 12.0 Å². The van der Waals surface area contributed by atoms with Crippen LogP contribution in [0.1, 0.15) is 44.9 Å². The summed E-state index contributed by atoms with van der Waals surface area (Å²) in [6, 6.07) is 0.829. The Morgan fingerprint density at radius 1 is 1.00 bits per heavy atom. The number of hydrogen-bond acceptors (Lipinski definition) is 2. The van der Waals surface area contributed by atoms with Gasteiger partial charge >= 0.3 is 0 Å². The largest absolute Gasteiger partial charge is 0.313 e. The molecule has 1 N–H and O–H groups in total. The van der Waals surface area contributed by atoms with Crippen LogP contribution in [0.3, 0.4) is 0 Å². The van der Waals surface area contributed by atoms with E-state index in [0.29, 0.717) is 0 Å². The lowest BCUT2D eigenvalue weighted by Gasteiger charge is -2.27. The normalized spacial score (nSPS) is 30.4. The number of nitrogens with one attached hydrogen (secondary N) is 1. The molecule has 1 saturated carbocycles. The smallest absolute Gasteiger partial charge is 0.0158 e. The van der Waals surface area contributed by atoms with Gasteiger partial charge in [-0.25, -0.2) is 0 Å². The maximum absolute atomic E-state index is 3.77. The van der Waals surface area contributed by atoms with Crippen LogP contribution in [-0.2, 0) is 0 Å². The molecule has 0 aromatic heterocycles. The van der Waals surface area contributed by atoms with E-state index in [0.717, 1.165) is 12.0 Å². The molecule has 2 fully saturated rings. The fraction of sp³-hybridized carbons (Fsp3) is 1.00. The van der Waals surface area contributed by atoms with Crippen molar-refractivity contribution in [2.45, 2.75) is 51.0 Å². The van der Waals surface area contributed by atoms with E-state index in [-0.39, 0.29) is 0 Å². The van der Waals surface area contributed by atoms with Crippen molar-refractivity contribution < 1.29 is 0 Å². The first-order valence-electron chi connectivity index (χ1n) is 6.26. The van der Waals surface area contributed by atoms with Gasteiger partial charge in [0.25, 0.3) is 0 Å². The van der Waals surface area contributed by atoms with Crippen LogP contribution in [-0.4, -0.2) is 24.1 Å². The molecular formula is C12H23NS. The highest BCUT2D eigenvalue weighted by molar-refractivity contribution is 7.99. The molecule has 0 radical (unpaired) electrons. The van der Waals surface area contributed by atoms with Crippen LogP contribution < -0.4 is 5.32 Å². The summed E-state index contributed by atoms with van der Waals surface area (Å²) in [7, 11) is 0. The van der Waals surface area contributed by atoms with Crippen LogP contribution in [0.2, 0.25) is 0 Å². The molecule has 82 valence electrons. The Labute approximate surface area is 92.4 Å². The maximum Gasteiger partial charge on any atom is 0.0158 e. The van der Waals surface area contributed by atoms with E-state index in [4.69, 9.17) is 0 Å². The van der Waals surface area contributed by atoms with Gasteiger partial charge in [-0.1, -0.05) is 19.3 Å². The summed E-state index contributed by atoms with van der Waals surface area (Å²) in [5.74, 6) is 3.74. The Morgan fingerprint density at radius 3 is 2.57 bits per heavy atom. The fourth-order valence-electron chi connectivity index (χ4n) is 2.63. The van der Waals surface area contributed by atoms with Crippen LogP contribution in [0.4, 0.5) is 0 Å². The molecule has 0 bridgehead atoms. The zero-order valence-corrected chi connectivity index (χ0v) is 9.95. The molecule has 1 unspecified atom stereocenters. The molecule has 1 atom stereocenters. The van der Waals surface area contributed by atoms with Gasteiger partial charge in [0.15, 0.2) is 0 Å². The molecule has 2 rings (SSSR count). The van der Waals surface area contributed by atoms with Gasteiger partial charge in [-0.3, -0.25) is 0 Å². The van der Waals surface area contributed by atoms with Crippen molar-refractivity contribution in [1.82, 2.24) is 5.32 Å². The Kier molecular flexibility index (Phi) is 4.65. The van der Waals surface area contributed by atoms with Crippen molar-refractivity contribution in [2.75, 3.05) is 18.1 Å². The highest BCUT2D eigenvalue weighted by atomic mass is 32.2. The monoisotopic (exact) mass is 213 g/mol. The highest BCUT2D eigenvalue weighted by Crippen LogP contribution is 2.23. The molecule has 0 amide bonds. The molecule has 1 nitrogen and oxygen atoms in total. The van der Waals surface area contributed by atoms with Gasteiger partial charge in [-0.05, 0) is 43.9 Å². The lowest BCUT2D eigenvalue weighted by Crippen LogP contribution is -2.37. The fourth-order valence-corrected chi connectivity index (χ4v) is 3.73. The lowest BCUT2D eigenvalue weighted by molar-refractivity contribution is 0.327. The second-order valence-corrected chi connectivity index (χ2v) is 5.98. The van der Waals surface area contributed by atoms with E-state index in [1.165, 1.54) is 63.0 Å². The van der Waals surface area contributed by atoms with Crippen molar-refractivity contribution in [2.24, 2.45) is 5.92 Å². The van der Waals surface area contributed by atoms with Gasteiger partial charge < -0.3 is 5.32 Å². The van der Waals surface area contributed by atoms with Gasteiger partial charge in [0, 0.05) is 11.8 Å².